The van der Waals surface area contributed by atoms with Gasteiger partial charge in [-0.25, -0.2) is 4.98 Å². The molecule has 0 aliphatic rings. The number of benzene rings is 1. The average Bonchev–Trinajstić information content (AvgIpc) is 2.18. The van der Waals surface area contributed by atoms with Crippen molar-refractivity contribution in [2.24, 2.45) is 0 Å². The minimum absolute atomic E-state index is 0.0790. The third kappa shape index (κ3) is 1.92. The van der Waals surface area contributed by atoms with Crippen LogP contribution in [0.15, 0.2) is 23.0 Å². The highest BCUT2D eigenvalue weighted by atomic mass is 79.9. The second kappa shape index (κ2) is 3.94. The Kier molecular flexibility index (Phi) is 2.80. The molecule has 0 amide bonds. The van der Waals surface area contributed by atoms with E-state index in [-0.39, 0.29) is 10.4 Å². The van der Waals surface area contributed by atoms with Crippen LogP contribution in [0, 0.1) is 0 Å². The second-order valence-electron chi connectivity index (χ2n) is 3.20. The van der Waals surface area contributed by atoms with Crippen LogP contribution in [-0.4, -0.2) is 9.97 Å². The molecule has 0 bridgehead atoms. The van der Waals surface area contributed by atoms with Gasteiger partial charge in [0, 0.05) is 0 Å². The summed E-state index contributed by atoms with van der Waals surface area (Å²) >= 11 is 9.26. The minimum Gasteiger partial charge on any atom is -0.318 e. The number of hydrogen-bond donors (Lipinski definition) is 1. The van der Waals surface area contributed by atoms with Crippen molar-refractivity contribution in [2.45, 2.75) is 11.8 Å². The fourth-order valence-electron chi connectivity index (χ4n) is 1.36. The molecule has 1 unspecified atom stereocenters. The number of alkyl halides is 1. The van der Waals surface area contributed by atoms with Gasteiger partial charge >= 0.3 is 0 Å². The van der Waals surface area contributed by atoms with Gasteiger partial charge in [-0.3, -0.25) is 4.79 Å². The zero-order chi connectivity index (χ0) is 11.0. The fourth-order valence-corrected chi connectivity index (χ4v) is 1.88. The molecule has 15 heavy (non-hydrogen) atoms. The van der Waals surface area contributed by atoms with Gasteiger partial charge in [-0.05, 0) is 19.1 Å². The van der Waals surface area contributed by atoms with E-state index in [1.165, 1.54) is 0 Å². The lowest BCUT2D eigenvalue weighted by Gasteiger charge is -2.04. The van der Waals surface area contributed by atoms with Gasteiger partial charge in [-0.15, -0.1) is 0 Å². The summed E-state index contributed by atoms with van der Waals surface area (Å²) in [4.78, 5) is 18.5. The Morgan fingerprint density at radius 2 is 2.27 bits per heavy atom. The molecule has 0 fully saturated rings. The SMILES string of the molecule is CC(Br)c1nc2cccc(Cl)c2[nH]c1=O. The largest absolute Gasteiger partial charge is 0.318 e. The summed E-state index contributed by atoms with van der Waals surface area (Å²) in [6.45, 7) is 1.86. The summed E-state index contributed by atoms with van der Waals surface area (Å²) in [7, 11) is 0. The number of para-hydroxylation sites is 1. The molecule has 1 N–H and O–H groups in total. The molecule has 2 rings (SSSR count). The maximum atomic E-state index is 11.6. The molecule has 0 saturated carbocycles. The Labute approximate surface area is 99.6 Å². The first kappa shape index (κ1) is 10.6. The van der Waals surface area contributed by atoms with Gasteiger partial charge in [-0.1, -0.05) is 33.6 Å². The van der Waals surface area contributed by atoms with Crippen LogP contribution in [0.2, 0.25) is 5.02 Å². The van der Waals surface area contributed by atoms with Gasteiger partial charge in [0.15, 0.2) is 0 Å². The monoisotopic (exact) mass is 286 g/mol. The van der Waals surface area contributed by atoms with Crippen LogP contribution in [-0.2, 0) is 0 Å². The molecule has 0 aliphatic carbocycles. The minimum atomic E-state index is -0.208. The van der Waals surface area contributed by atoms with Crippen molar-refractivity contribution in [3.8, 4) is 0 Å². The van der Waals surface area contributed by atoms with E-state index in [1.807, 2.05) is 13.0 Å². The van der Waals surface area contributed by atoms with Crippen LogP contribution in [0.4, 0.5) is 0 Å². The van der Waals surface area contributed by atoms with Crippen LogP contribution in [0.5, 0.6) is 0 Å². The number of rotatable bonds is 1. The molecule has 1 aromatic carbocycles. The van der Waals surface area contributed by atoms with E-state index in [1.54, 1.807) is 12.1 Å². The van der Waals surface area contributed by atoms with Gasteiger partial charge in [0.05, 0.1) is 20.9 Å². The maximum absolute atomic E-state index is 11.6. The summed E-state index contributed by atoms with van der Waals surface area (Å²) in [5.74, 6) is 0. The Bertz CT molecular complexity index is 565. The number of aromatic amines is 1. The van der Waals surface area contributed by atoms with Gasteiger partial charge in [-0.2, -0.15) is 0 Å². The van der Waals surface area contributed by atoms with Crippen LogP contribution >= 0.6 is 27.5 Å². The lowest BCUT2D eigenvalue weighted by atomic mass is 10.2. The number of nitrogens with zero attached hydrogens (tertiary/aromatic N) is 1. The third-order valence-corrected chi connectivity index (χ3v) is 2.83. The number of fused-ring (bicyclic) bond motifs is 1. The standard InChI is InChI=1S/C10H8BrClN2O/c1-5(11)8-10(15)14-9-6(12)3-2-4-7(9)13-8/h2-5H,1H3,(H,14,15). The molecule has 2 aromatic rings. The Morgan fingerprint density at radius 1 is 1.53 bits per heavy atom. The first-order valence-corrected chi connectivity index (χ1v) is 5.71. The van der Waals surface area contributed by atoms with E-state index in [0.717, 1.165) is 0 Å². The van der Waals surface area contributed by atoms with Crippen molar-refractivity contribution in [2.75, 3.05) is 0 Å². The summed E-state index contributed by atoms with van der Waals surface area (Å²) in [5.41, 5.74) is 1.54. The second-order valence-corrected chi connectivity index (χ2v) is 4.98. The van der Waals surface area contributed by atoms with Gasteiger partial charge in [0.1, 0.15) is 5.69 Å². The Balaban J connectivity index is 2.82. The number of hydrogen-bond acceptors (Lipinski definition) is 2. The highest BCUT2D eigenvalue weighted by Crippen LogP contribution is 2.21. The molecular formula is C10H8BrClN2O. The maximum Gasteiger partial charge on any atom is 0.271 e. The van der Waals surface area contributed by atoms with Crippen LogP contribution < -0.4 is 5.56 Å². The van der Waals surface area contributed by atoms with E-state index < -0.39 is 0 Å². The van der Waals surface area contributed by atoms with Crippen molar-refractivity contribution >= 4 is 38.6 Å². The Morgan fingerprint density at radius 3 is 2.93 bits per heavy atom. The molecule has 1 atom stereocenters. The highest BCUT2D eigenvalue weighted by molar-refractivity contribution is 9.09. The normalized spacial score (nSPS) is 13.0. The molecule has 3 nitrogen and oxygen atoms in total. The van der Waals surface area contributed by atoms with E-state index in [2.05, 4.69) is 25.9 Å². The highest BCUT2D eigenvalue weighted by Gasteiger charge is 2.10. The molecule has 1 aromatic heterocycles. The predicted octanol–water partition coefficient (Wildman–Crippen LogP) is 3.03. The summed E-state index contributed by atoms with van der Waals surface area (Å²) in [6, 6.07) is 5.34. The molecule has 0 aliphatic heterocycles. The first-order chi connectivity index (χ1) is 7.09. The molecule has 0 spiro atoms. The van der Waals surface area contributed by atoms with Crippen molar-refractivity contribution in [3.63, 3.8) is 0 Å². The number of H-pyrrole nitrogens is 1. The van der Waals surface area contributed by atoms with Gasteiger partial charge in [0.25, 0.3) is 5.56 Å². The average molecular weight is 288 g/mol. The van der Waals surface area contributed by atoms with E-state index in [0.29, 0.717) is 21.7 Å². The fraction of sp³-hybridized carbons (Fsp3) is 0.200. The summed E-state index contributed by atoms with van der Waals surface area (Å²) < 4.78 is 0. The quantitative estimate of drug-likeness (QED) is 0.820. The van der Waals surface area contributed by atoms with Gasteiger partial charge in [0.2, 0.25) is 0 Å². The van der Waals surface area contributed by atoms with E-state index in [9.17, 15) is 4.79 Å². The van der Waals surface area contributed by atoms with Crippen molar-refractivity contribution in [1.29, 1.82) is 0 Å². The first-order valence-electron chi connectivity index (χ1n) is 4.42. The number of halogens is 2. The van der Waals surface area contributed by atoms with Crippen molar-refractivity contribution < 1.29 is 0 Å². The molecule has 0 radical (unpaired) electrons. The van der Waals surface area contributed by atoms with Crippen LogP contribution in [0.3, 0.4) is 0 Å². The lowest BCUT2D eigenvalue weighted by Crippen LogP contribution is -2.15. The predicted molar refractivity (Wildman–Crippen MR) is 64.7 cm³/mol. The van der Waals surface area contributed by atoms with E-state index >= 15 is 0 Å². The summed E-state index contributed by atoms with van der Waals surface area (Å²) in [5, 5.41) is 0.505. The van der Waals surface area contributed by atoms with Crippen LogP contribution in [0.1, 0.15) is 17.4 Å². The molecule has 78 valence electrons. The third-order valence-electron chi connectivity index (χ3n) is 2.08. The van der Waals surface area contributed by atoms with E-state index in [4.69, 9.17) is 11.6 Å². The smallest absolute Gasteiger partial charge is 0.271 e. The molecule has 0 saturated heterocycles. The van der Waals surface area contributed by atoms with Gasteiger partial charge < -0.3 is 4.98 Å². The molecule has 5 heteroatoms. The summed E-state index contributed by atoms with van der Waals surface area (Å²) in [6.07, 6.45) is 0. The topological polar surface area (TPSA) is 45.8 Å². The zero-order valence-corrected chi connectivity index (χ0v) is 10.3. The number of nitrogens with one attached hydrogen (secondary N) is 1. The zero-order valence-electron chi connectivity index (χ0n) is 7.92. The van der Waals surface area contributed by atoms with Crippen molar-refractivity contribution in [3.05, 3.63) is 39.3 Å². The number of aromatic nitrogens is 2. The van der Waals surface area contributed by atoms with Crippen LogP contribution in [0.25, 0.3) is 11.0 Å². The molecular weight excluding hydrogens is 279 g/mol. The lowest BCUT2D eigenvalue weighted by molar-refractivity contribution is 0.987. The van der Waals surface area contributed by atoms with Crippen molar-refractivity contribution in [1.82, 2.24) is 9.97 Å². The Hall–Kier alpha value is -0.870. The molecule has 1 heterocycles.